The quantitative estimate of drug-likeness (QED) is 0.274. The van der Waals surface area contributed by atoms with Crippen molar-refractivity contribution in [1.29, 1.82) is 0 Å². The van der Waals surface area contributed by atoms with E-state index in [1.807, 2.05) is 0 Å². The molecule has 0 spiro atoms. The van der Waals surface area contributed by atoms with Crippen molar-refractivity contribution in [2.24, 2.45) is 5.73 Å². The normalized spacial score (nSPS) is 10.7. The molecule has 0 aliphatic carbocycles. The molecule has 3 N–H and O–H groups in total. The molecule has 0 bridgehead atoms. The summed E-state index contributed by atoms with van der Waals surface area (Å²) in [5, 5.41) is 22.5. The van der Waals surface area contributed by atoms with Gasteiger partial charge in [-0.1, -0.05) is 23.9 Å². The van der Waals surface area contributed by atoms with Gasteiger partial charge in [-0.3, -0.25) is 24.3 Å². The van der Waals surface area contributed by atoms with Crippen LogP contribution in [0.5, 0.6) is 0 Å². The molecule has 0 fully saturated rings. The van der Waals surface area contributed by atoms with Gasteiger partial charge in [0, 0.05) is 18.9 Å². The highest BCUT2D eigenvalue weighted by Gasteiger charge is 2.20. The maximum Gasteiger partial charge on any atom is 0.293 e. The van der Waals surface area contributed by atoms with Crippen LogP contribution in [0.1, 0.15) is 23.6 Å². The number of nitrogens with zero attached hydrogens (tertiary/aromatic N) is 4. The molecular formula is C19H20N6O5S. The average molecular weight is 444 g/mol. The number of primary amides is 1. The monoisotopic (exact) mass is 444 g/mol. The highest BCUT2D eigenvalue weighted by atomic mass is 32.2. The Hall–Kier alpha value is -3.67. The van der Waals surface area contributed by atoms with Gasteiger partial charge in [-0.2, -0.15) is 0 Å². The molecule has 0 unspecified atom stereocenters. The fourth-order valence-electron chi connectivity index (χ4n) is 2.84. The van der Waals surface area contributed by atoms with Crippen molar-refractivity contribution >= 4 is 35.0 Å². The molecule has 12 heteroatoms. The number of thioether (sulfide) groups is 1. The number of benzene rings is 1. The Labute approximate surface area is 181 Å². The SMILES string of the molecule is Cc1cccc([N+](=O)[O-])c1NC(=O)CSc1nnc(CCC(N)=O)n1Cc1ccco1. The lowest BCUT2D eigenvalue weighted by atomic mass is 10.1. The van der Waals surface area contributed by atoms with Crippen LogP contribution >= 0.6 is 11.8 Å². The Morgan fingerprint density at radius 3 is 2.77 bits per heavy atom. The van der Waals surface area contributed by atoms with Crippen LogP contribution in [0.3, 0.4) is 0 Å². The highest BCUT2D eigenvalue weighted by molar-refractivity contribution is 7.99. The Bertz CT molecular complexity index is 1100. The Morgan fingerprint density at radius 1 is 1.29 bits per heavy atom. The number of hydrogen-bond donors (Lipinski definition) is 2. The van der Waals surface area contributed by atoms with Gasteiger partial charge >= 0.3 is 0 Å². The maximum absolute atomic E-state index is 12.5. The van der Waals surface area contributed by atoms with Crippen LogP contribution in [0.4, 0.5) is 11.4 Å². The van der Waals surface area contributed by atoms with Gasteiger partial charge in [-0.15, -0.1) is 10.2 Å². The third-order valence-electron chi connectivity index (χ3n) is 4.33. The van der Waals surface area contributed by atoms with Crippen LogP contribution < -0.4 is 11.1 Å². The van der Waals surface area contributed by atoms with Crippen molar-refractivity contribution in [3.63, 3.8) is 0 Å². The van der Waals surface area contributed by atoms with Crippen LogP contribution in [-0.4, -0.2) is 37.3 Å². The van der Waals surface area contributed by atoms with Gasteiger partial charge < -0.3 is 15.5 Å². The number of rotatable bonds is 10. The first-order valence-corrected chi connectivity index (χ1v) is 10.2. The largest absolute Gasteiger partial charge is 0.467 e. The molecule has 0 atom stereocenters. The lowest BCUT2D eigenvalue weighted by Crippen LogP contribution is -2.17. The number of nitrogens with one attached hydrogen (secondary N) is 1. The molecule has 31 heavy (non-hydrogen) atoms. The van der Waals surface area contributed by atoms with Crippen LogP contribution in [-0.2, 0) is 22.6 Å². The summed E-state index contributed by atoms with van der Waals surface area (Å²) >= 11 is 1.12. The molecule has 2 aromatic heterocycles. The zero-order valence-electron chi connectivity index (χ0n) is 16.6. The molecule has 11 nitrogen and oxygen atoms in total. The van der Waals surface area contributed by atoms with Crippen LogP contribution in [0, 0.1) is 17.0 Å². The molecule has 0 aliphatic rings. The van der Waals surface area contributed by atoms with E-state index in [4.69, 9.17) is 10.2 Å². The number of hydrogen-bond acceptors (Lipinski definition) is 8. The molecule has 2 amide bonds. The summed E-state index contributed by atoms with van der Waals surface area (Å²) in [6, 6.07) is 8.11. The molecule has 3 rings (SSSR count). The zero-order chi connectivity index (χ0) is 22.4. The van der Waals surface area contributed by atoms with Crippen molar-refractivity contribution in [1.82, 2.24) is 14.8 Å². The predicted octanol–water partition coefficient (Wildman–Crippen LogP) is 2.28. The van der Waals surface area contributed by atoms with Gasteiger partial charge in [0.1, 0.15) is 17.3 Å². The van der Waals surface area contributed by atoms with Crippen molar-refractivity contribution in [3.8, 4) is 0 Å². The van der Waals surface area contributed by atoms with E-state index in [1.165, 1.54) is 12.3 Å². The van der Waals surface area contributed by atoms with E-state index in [9.17, 15) is 19.7 Å². The van der Waals surface area contributed by atoms with Crippen LogP contribution in [0.15, 0.2) is 46.2 Å². The lowest BCUT2D eigenvalue weighted by Gasteiger charge is -2.10. The summed E-state index contributed by atoms with van der Waals surface area (Å²) in [6.07, 6.45) is 1.95. The summed E-state index contributed by atoms with van der Waals surface area (Å²) in [7, 11) is 0. The number of carbonyl (C=O) groups is 2. The van der Waals surface area contributed by atoms with Gasteiger partial charge in [0.05, 0.1) is 23.5 Å². The smallest absolute Gasteiger partial charge is 0.293 e. The van der Waals surface area contributed by atoms with Crippen molar-refractivity contribution in [2.45, 2.75) is 31.5 Å². The van der Waals surface area contributed by atoms with E-state index >= 15 is 0 Å². The van der Waals surface area contributed by atoms with Crippen LogP contribution in [0.2, 0.25) is 0 Å². The fourth-order valence-corrected chi connectivity index (χ4v) is 3.59. The summed E-state index contributed by atoms with van der Waals surface area (Å²) in [6.45, 7) is 2.00. The predicted molar refractivity (Wildman–Crippen MR) is 113 cm³/mol. The number of nitro groups is 1. The topological polar surface area (TPSA) is 159 Å². The first-order valence-electron chi connectivity index (χ1n) is 9.24. The number of nitrogens with two attached hydrogens (primary N) is 1. The van der Waals surface area contributed by atoms with Gasteiger partial charge in [-0.25, -0.2) is 0 Å². The van der Waals surface area contributed by atoms with E-state index < -0.39 is 16.7 Å². The van der Waals surface area contributed by atoms with E-state index in [0.29, 0.717) is 35.3 Å². The van der Waals surface area contributed by atoms with Crippen molar-refractivity contribution in [3.05, 3.63) is 63.9 Å². The third-order valence-corrected chi connectivity index (χ3v) is 5.29. The number of aromatic nitrogens is 3. The Morgan fingerprint density at radius 2 is 2.10 bits per heavy atom. The minimum atomic E-state index is -0.541. The number of anilines is 1. The number of carbonyl (C=O) groups excluding carboxylic acids is 2. The van der Waals surface area contributed by atoms with Gasteiger partial charge in [-0.05, 0) is 24.6 Å². The van der Waals surface area contributed by atoms with Crippen molar-refractivity contribution < 1.29 is 18.9 Å². The molecule has 0 saturated carbocycles. The number of para-hydroxylation sites is 1. The molecule has 2 heterocycles. The highest BCUT2D eigenvalue weighted by Crippen LogP contribution is 2.28. The Kier molecular flexibility index (Phi) is 7.03. The summed E-state index contributed by atoms with van der Waals surface area (Å²) in [4.78, 5) is 34.3. The molecule has 0 saturated heterocycles. The Balaban J connectivity index is 1.73. The molecular weight excluding hydrogens is 424 g/mol. The second kappa shape index (κ2) is 9.89. The molecule has 0 radical (unpaired) electrons. The maximum atomic E-state index is 12.5. The van der Waals surface area contributed by atoms with Crippen molar-refractivity contribution in [2.75, 3.05) is 11.1 Å². The second-order valence-corrected chi connectivity index (χ2v) is 7.54. The first kappa shape index (κ1) is 22.0. The fraction of sp³-hybridized carbons (Fsp3) is 0.263. The standard InChI is InChI=1S/C19H20N6O5S/c1-12-4-2-6-14(25(28)29)18(12)21-17(27)11-31-19-23-22-16(8-7-15(20)26)24(19)10-13-5-3-9-30-13/h2-6,9H,7-8,10-11H2,1H3,(H2,20,26)(H,21,27). The van der Waals surface area contributed by atoms with Gasteiger partial charge in [0.25, 0.3) is 5.69 Å². The number of furan rings is 1. The molecule has 0 aliphatic heterocycles. The zero-order valence-corrected chi connectivity index (χ0v) is 17.4. The molecule has 162 valence electrons. The summed E-state index contributed by atoms with van der Waals surface area (Å²) in [5.41, 5.74) is 5.81. The minimum Gasteiger partial charge on any atom is -0.467 e. The second-order valence-electron chi connectivity index (χ2n) is 6.59. The average Bonchev–Trinajstić information content (AvgIpc) is 3.36. The van der Waals surface area contributed by atoms with E-state index in [2.05, 4.69) is 15.5 Å². The first-order chi connectivity index (χ1) is 14.8. The number of aryl methyl sites for hydroxylation is 2. The number of nitro benzene ring substituents is 1. The minimum absolute atomic E-state index is 0.0441. The van der Waals surface area contributed by atoms with E-state index in [-0.39, 0.29) is 23.5 Å². The lowest BCUT2D eigenvalue weighted by molar-refractivity contribution is -0.384. The van der Waals surface area contributed by atoms with E-state index in [1.54, 1.807) is 35.8 Å². The summed E-state index contributed by atoms with van der Waals surface area (Å²) < 4.78 is 7.12. The molecule has 1 aromatic carbocycles. The summed E-state index contributed by atoms with van der Waals surface area (Å²) in [5.74, 6) is 0.265. The molecule has 3 aromatic rings. The number of amides is 2. The van der Waals surface area contributed by atoms with Gasteiger partial charge in [0.15, 0.2) is 5.16 Å². The van der Waals surface area contributed by atoms with Crippen LogP contribution in [0.25, 0.3) is 0 Å². The van der Waals surface area contributed by atoms with E-state index in [0.717, 1.165) is 11.8 Å². The van der Waals surface area contributed by atoms with Gasteiger partial charge in [0.2, 0.25) is 11.8 Å². The third kappa shape index (κ3) is 5.69.